The lowest BCUT2D eigenvalue weighted by Gasteiger charge is -1.99. The maximum Gasteiger partial charge on any atom is 0.354 e. The van der Waals surface area contributed by atoms with Crippen LogP contribution in [0.15, 0.2) is 16.9 Å². The zero-order valence-corrected chi connectivity index (χ0v) is 8.95. The fraction of sp³-hybridized carbons (Fsp3) is 0. The molecule has 0 radical (unpaired) electrons. The van der Waals surface area contributed by atoms with E-state index >= 15 is 0 Å². The van der Waals surface area contributed by atoms with Crippen molar-refractivity contribution < 1.29 is 9.90 Å². The van der Waals surface area contributed by atoms with E-state index in [0.717, 1.165) is 0 Å². The Kier molecular flexibility index (Phi) is 2.16. The molecule has 14 heavy (non-hydrogen) atoms. The summed E-state index contributed by atoms with van der Waals surface area (Å²) >= 11 is 8.98. The van der Waals surface area contributed by atoms with E-state index in [1.807, 2.05) is 0 Å². The van der Waals surface area contributed by atoms with Crippen LogP contribution >= 0.6 is 27.5 Å². The quantitative estimate of drug-likeness (QED) is 0.807. The molecule has 2 aromatic rings. The lowest BCUT2D eigenvalue weighted by Crippen LogP contribution is -2.03. The van der Waals surface area contributed by atoms with Gasteiger partial charge in [0.15, 0.2) is 5.69 Å². The normalized spacial score (nSPS) is 10.7. The molecule has 2 aromatic heterocycles. The fourth-order valence-corrected chi connectivity index (χ4v) is 1.87. The van der Waals surface area contributed by atoms with Crippen LogP contribution in [0.5, 0.6) is 0 Å². The molecular formula is C7H3BrClN3O2. The Labute approximate surface area is 91.5 Å². The van der Waals surface area contributed by atoms with Gasteiger partial charge >= 0.3 is 5.97 Å². The second-order valence-corrected chi connectivity index (χ2v) is 3.64. The molecule has 0 aliphatic carbocycles. The molecule has 0 bridgehead atoms. The lowest BCUT2D eigenvalue weighted by atomic mass is 10.4. The number of imidazole rings is 1. The Balaban J connectivity index is 2.80. The van der Waals surface area contributed by atoms with Crippen LogP contribution in [0.3, 0.4) is 0 Å². The summed E-state index contributed by atoms with van der Waals surface area (Å²) in [5.74, 6) is -1.13. The van der Waals surface area contributed by atoms with Crippen molar-refractivity contribution in [3.05, 3.63) is 27.8 Å². The molecule has 0 saturated heterocycles. The summed E-state index contributed by atoms with van der Waals surface area (Å²) in [4.78, 5) is 18.3. The number of rotatable bonds is 1. The molecule has 0 aliphatic rings. The third kappa shape index (κ3) is 1.36. The first-order chi connectivity index (χ1) is 6.59. The Bertz CT molecular complexity index is 525. The van der Waals surface area contributed by atoms with Crippen LogP contribution < -0.4 is 0 Å². The van der Waals surface area contributed by atoms with E-state index in [1.165, 1.54) is 16.7 Å². The van der Waals surface area contributed by atoms with Gasteiger partial charge in [-0.05, 0) is 27.5 Å². The summed E-state index contributed by atoms with van der Waals surface area (Å²) < 4.78 is 2.12. The Morgan fingerprint density at radius 1 is 1.64 bits per heavy atom. The number of fused-ring (bicyclic) bond motifs is 1. The molecule has 2 rings (SSSR count). The average molecular weight is 276 g/mol. The summed E-state index contributed by atoms with van der Waals surface area (Å²) in [6.45, 7) is 0. The molecule has 0 spiro atoms. The number of carbonyl (C=O) groups is 1. The van der Waals surface area contributed by atoms with Crippen molar-refractivity contribution in [3.8, 4) is 0 Å². The van der Waals surface area contributed by atoms with Crippen LogP contribution in [0, 0.1) is 0 Å². The molecule has 0 amide bonds. The standard InChI is InChI=1S/C7H3BrClN3O2/c8-4-2-10-5-1-3(6(13)14)11-7(9)12(4)5/h1-2H,(H,13,14). The highest BCUT2D eigenvalue weighted by Gasteiger charge is 2.11. The number of halogens is 2. The number of hydrogen-bond acceptors (Lipinski definition) is 3. The van der Waals surface area contributed by atoms with Crippen molar-refractivity contribution >= 4 is 39.1 Å². The van der Waals surface area contributed by atoms with Crippen LogP contribution in [0.2, 0.25) is 5.28 Å². The SMILES string of the molecule is O=C(O)c1cc2ncc(Br)n2c(Cl)n1. The Morgan fingerprint density at radius 2 is 2.36 bits per heavy atom. The summed E-state index contributed by atoms with van der Waals surface area (Å²) in [6.07, 6.45) is 1.52. The van der Waals surface area contributed by atoms with Crippen molar-refractivity contribution in [3.63, 3.8) is 0 Å². The highest BCUT2D eigenvalue weighted by atomic mass is 79.9. The molecule has 7 heteroatoms. The first-order valence-electron chi connectivity index (χ1n) is 3.52. The smallest absolute Gasteiger partial charge is 0.354 e. The second-order valence-electron chi connectivity index (χ2n) is 2.49. The zero-order chi connectivity index (χ0) is 10.3. The Morgan fingerprint density at radius 3 is 3.00 bits per heavy atom. The fourth-order valence-electron chi connectivity index (χ4n) is 1.04. The average Bonchev–Trinajstić information content (AvgIpc) is 2.48. The molecular weight excluding hydrogens is 273 g/mol. The minimum atomic E-state index is -1.13. The van der Waals surface area contributed by atoms with Gasteiger partial charge in [-0.3, -0.25) is 4.40 Å². The van der Waals surface area contributed by atoms with Crippen molar-refractivity contribution in [2.24, 2.45) is 0 Å². The molecule has 1 N–H and O–H groups in total. The van der Waals surface area contributed by atoms with E-state index in [9.17, 15) is 4.79 Å². The number of aromatic carboxylic acids is 1. The molecule has 0 fully saturated rings. The number of nitrogens with zero attached hydrogens (tertiary/aromatic N) is 3. The van der Waals surface area contributed by atoms with Crippen LogP contribution in [0.25, 0.3) is 5.65 Å². The minimum absolute atomic E-state index is 0.0595. The van der Waals surface area contributed by atoms with Gasteiger partial charge in [0.2, 0.25) is 5.28 Å². The highest BCUT2D eigenvalue weighted by molar-refractivity contribution is 9.10. The van der Waals surface area contributed by atoms with Gasteiger partial charge in [-0.25, -0.2) is 14.8 Å². The maximum atomic E-state index is 10.6. The van der Waals surface area contributed by atoms with Gasteiger partial charge in [-0.15, -0.1) is 0 Å². The number of hydrogen-bond donors (Lipinski definition) is 1. The second kappa shape index (κ2) is 3.21. The number of aromatic nitrogens is 3. The van der Waals surface area contributed by atoms with E-state index in [-0.39, 0.29) is 11.0 Å². The van der Waals surface area contributed by atoms with E-state index in [2.05, 4.69) is 25.9 Å². The van der Waals surface area contributed by atoms with Crippen molar-refractivity contribution in [1.82, 2.24) is 14.4 Å². The van der Waals surface area contributed by atoms with Crippen LogP contribution in [0.1, 0.15) is 10.5 Å². The summed E-state index contributed by atoms with van der Waals surface area (Å²) in [7, 11) is 0. The molecule has 0 aliphatic heterocycles. The van der Waals surface area contributed by atoms with Crippen molar-refractivity contribution in [2.45, 2.75) is 0 Å². The van der Waals surface area contributed by atoms with Gasteiger partial charge in [0.05, 0.1) is 6.20 Å². The monoisotopic (exact) mass is 275 g/mol. The van der Waals surface area contributed by atoms with Gasteiger partial charge in [0.25, 0.3) is 0 Å². The van der Waals surface area contributed by atoms with E-state index in [0.29, 0.717) is 10.3 Å². The minimum Gasteiger partial charge on any atom is -0.477 e. The summed E-state index contributed by atoms with van der Waals surface area (Å²) in [6, 6.07) is 1.35. The van der Waals surface area contributed by atoms with Crippen LogP contribution in [0.4, 0.5) is 0 Å². The predicted molar refractivity (Wildman–Crippen MR) is 52.7 cm³/mol. The van der Waals surface area contributed by atoms with E-state index in [1.54, 1.807) is 0 Å². The molecule has 5 nitrogen and oxygen atoms in total. The Hall–Kier alpha value is -1.14. The largest absolute Gasteiger partial charge is 0.477 e. The summed E-state index contributed by atoms with van der Waals surface area (Å²) in [5.41, 5.74) is 0.315. The topological polar surface area (TPSA) is 67.5 Å². The van der Waals surface area contributed by atoms with Crippen LogP contribution in [-0.4, -0.2) is 25.4 Å². The van der Waals surface area contributed by atoms with Gasteiger partial charge in [0.1, 0.15) is 10.3 Å². The van der Waals surface area contributed by atoms with Crippen molar-refractivity contribution in [2.75, 3.05) is 0 Å². The number of carboxylic acids is 1. The molecule has 0 aromatic carbocycles. The lowest BCUT2D eigenvalue weighted by molar-refractivity contribution is 0.0690. The molecule has 0 saturated carbocycles. The van der Waals surface area contributed by atoms with Gasteiger partial charge in [0, 0.05) is 6.07 Å². The van der Waals surface area contributed by atoms with Gasteiger partial charge in [-0.1, -0.05) is 0 Å². The van der Waals surface area contributed by atoms with Gasteiger partial charge in [-0.2, -0.15) is 0 Å². The molecule has 0 unspecified atom stereocenters. The third-order valence-corrected chi connectivity index (χ3v) is 2.44. The molecule has 0 atom stereocenters. The number of carboxylic acid groups (broad SMARTS) is 1. The van der Waals surface area contributed by atoms with Crippen molar-refractivity contribution in [1.29, 1.82) is 0 Å². The van der Waals surface area contributed by atoms with Gasteiger partial charge < -0.3 is 5.11 Å². The maximum absolute atomic E-state index is 10.6. The van der Waals surface area contributed by atoms with E-state index < -0.39 is 5.97 Å². The zero-order valence-electron chi connectivity index (χ0n) is 6.61. The predicted octanol–water partition coefficient (Wildman–Crippen LogP) is 1.84. The third-order valence-electron chi connectivity index (χ3n) is 1.63. The molecule has 2 heterocycles. The van der Waals surface area contributed by atoms with E-state index in [4.69, 9.17) is 16.7 Å². The molecule has 72 valence electrons. The first-order valence-corrected chi connectivity index (χ1v) is 4.69. The summed E-state index contributed by atoms with van der Waals surface area (Å²) in [5, 5.41) is 8.77. The van der Waals surface area contributed by atoms with Crippen LogP contribution in [-0.2, 0) is 0 Å². The first kappa shape index (κ1) is 9.42. The highest BCUT2D eigenvalue weighted by Crippen LogP contribution is 2.18.